The van der Waals surface area contributed by atoms with Crippen LogP contribution in [0.15, 0.2) is 71.5 Å². The Labute approximate surface area is 180 Å². The van der Waals surface area contributed by atoms with Crippen molar-refractivity contribution in [2.75, 3.05) is 19.8 Å². The third-order valence-electron chi connectivity index (χ3n) is 3.82. The Balaban J connectivity index is 0.00000204. The van der Waals surface area contributed by atoms with Crippen LogP contribution in [0.3, 0.4) is 0 Å². The summed E-state index contributed by atoms with van der Waals surface area (Å²) >= 11 is 1.06. The molecule has 0 aromatic rings. The van der Waals surface area contributed by atoms with Crippen LogP contribution in [0.5, 0.6) is 0 Å². The summed E-state index contributed by atoms with van der Waals surface area (Å²) in [6.45, 7) is 7.14. The normalized spacial score (nSPS) is 19.1. The van der Waals surface area contributed by atoms with Crippen molar-refractivity contribution in [3.63, 3.8) is 0 Å². The first-order valence-electron chi connectivity index (χ1n) is 9.26. The summed E-state index contributed by atoms with van der Waals surface area (Å²) in [5.41, 5.74) is 1.09. The van der Waals surface area contributed by atoms with E-state index >= 15 is 0 Å². The van der Waals surface area contributed by atoms with Gasteiger partial charge in [0.15, 0.2) is 11.5 Å². The van der Waals surface area contributed by atoms with Crippen LogP contribution in [0.1, 0.15) is 20.8 Å². The fourth-order valence-corrected chi connectivity index (χ4v) is 2.47. The van der Waals surface area contributed by atoms with Crippen molar-refractivity contribution in [2.24, 2.45) is 0 Å². The molecule has 0 amide bonds. The average Bonchev–Trinajstić information content (AvgIpc) is 2.73. The van der Waals surface area contributed by atoms with E-state index in [2.05, 4.69) is 10.6 Å². The number of carbonyl (C=O) groups excluding carboxylic acids is 2. The molecular formula is C21H26N2O5V. The first-order valence-corrected chi connectivity index (χ1v) is 9.83. The van der Waals surface area contributed by atoms with Gasteiger partial charge in [-0.2, -0.15) is 0 Å². The molecule has 0 saturated heterocycles. The van der Waals surface area contributed by atoms with E-state index in [1.165, 1.54) is 0 Å². The number of ether oxygens (including phenoxy) is 2. The molecule has 7 nitrogen and oxygen atoms in total. The fourth-order valence-electron chi connectivity index (χ4n) is 2.47. The van der Waals surface area contributed by atoms with Gasteiger partial charge in [-0.05, 0) is 45.1 Å². The molecule has 1 unspecified atom stereocenters. The van der Waals surface area contributed by atoms with E-state index in [1.54, 1.807) is 48.9 Å². The predicted molar refractivity (Wildman–Crippen MR) is 105 cm³/mol. The molecule has 0 aromatic heterocycles. The van der Waals surface area contributed by atoms with Crippen molar-refractivity contribution in [1.82, 2.24) is 10.6 Å². The molecule has 8 heteroatoms. The van der Waals surface area contributed by atoms with Gasteiger partial charge in [-0.3, -0.25) is 9.59 Å². The number of allylic oxidation sites excluding steroid dienone is 8. The Kier molecular flexibility index (Phi) is 11.4. The second-order valence-corrected chi connectivity index (χ2v) is 5.98. The molecule has 2 aliphatic rings. The van der Waals surface area contributed by atoms with Gasteiger partial charge in [-0.15, -0.1) is 0 Å². The van der Waals surface area contributed by atoms with Crippen molar-refractivity contribution in [3.05, 3.63) is 71.5 Å². The van der Waals surface area contributed by atoms with Gasteiger partial charge in [0, 0.05) is 36.1 Å². The van der Waals surface area contributed by atoms with Gasteiger partial charge in [0.1, 0.15) is 0 Å². The second kappa shape index (κ2) is 13.5. The van der Waals surface area contributed by atoms with Crippen LogP contribution >= 0.6 is 0 Å². The average molecular weight is 437 g/mol. The van der Waals surface area contributed by atoms with Crippen LogP contribution in [0.4, 0.5) is 0 Å². The molecule has 0 spiro atoms. The van der Waals surface area contributed by atoms with E-state index in [1.807, 2.05) is 20.8 Å². The van der Waals surface area contributed by atoms with E-state index in [-0.39, 0.29) is 17.6 Å². The van der Waals surface area contributed by atoms with Crippen molar-refractivity contribution in [2.45, 2.75) is 26.8 Å². The quantitative estimate of drug-likeness (QED) is 0.535. The summed E-state index contributed by atoms with van der Waals surface area (Å²) in [4.78, 5) is 24.4. The predicted octanol–water partition coefficient (Wildman–Crippen LogP) is 2.32. The molecule has 0 aromatic carbocycles. The molecule has 2 rings (SSSR count). The van der Waals surface area contributed by atoms with Gasteiger partial charge < -0.3 is 20.1 Å². The van der Waals surface area contributed by atoms with Gasteiger partial charge in [0.2, 0.25) is 11.6 Å². The Morgan fingerprint density at radius 3 is 1.90 bits per heavy atom. The minimum atomic E-state index is -0.137. The van der Waals surface area contributed by atoms with Crippen LogP contribution in [0.25, 0.3) is 0 Å². The SMILES string of the molecule is CCOC1=CC=CC(=CNCC(C)NC=C2C=CC=C(OCC)C2=O)C1=O.[O]=[V]. The molecule has 0 aliphatic heterocycles. The van der Waals surface area contributed by atoms with Crippen LogP contribution in [-0.2, 0) is 40.1 Å². The molecule has 0 radical (unpaired) electrons. The zero-order valence-electron chi connectivity index (χ0n) is 16.8. The monoisotopic (exact) mass is 437 g/mol. The third-order valence-corrected chi connectivity index (χ3v) is 3.82. The van der Waals surface area contributed by atoms with E-state index in [9.17, 15) is 9.59 Å². The minimum absolute atomic E-state index is 0.0431. The number of nitrogens with one attached hydrogen (secondary N) is 2. The summed E-state index contributed by atoms with van der Waals surface area (Å²) in [6.07, 6.45) is 13.8. The Hall–Kier alpha value is -2.64. The summed E-state index contributed by atoms with van der Waals surface area (Å²) in [7, 11) is 0. The van der Waals surface area contributed by atoms with Gasteiger partial charge in [0.25, 0.3) is 0 Å². The van der Waals surface area contributed by atoms with Crippen molar-refractivity contribution < 1.29 is 40.1 Å². The van der Waals surface area contributed by atoms with E-state index in [0.29, 0.717) is 42.4 Å². The summed E-state index contributed by atoms with van der Waals surface area (Å²) < 4.78 is 18.8. The molecule has 0 saturated carbocycles. The van der Waals surface area contributed by atoms with Crippen molar-refractivity contribution >= 4 is 11.6 Å². The summed E-state index contributed by atoms with van der Waals surface area (Å²) in [5.74, 6) is 0.430. The first-order chi connectivity index (χ1) is 14.1. The first kappa shape index (κ1) is 24.4. The summed E-state index contributed by atoms with van der Waals surface area (Å²) in [5, 5.41) is 6.30. The van der Waals surface area contributed by atoms with Crippen LogP contribution in [0, 0.1) is 0 Å². The van der Waals surface area contributed by atoms with Crippen LogP contribution in [0.2, 0.25) is 0 Å². The van der Waals surface area contributed by atoms with E-state index < -0.39 is 0 Å². The molecule has 2 N–H and O–H groups in total. The second-order valence-electron chi connectivity index (χ2n) is 5.98. The number of Topliss-reactive ketones (excluding diaryl/α,β-unsaturated/α-hetero) is 2. The van der Waals surface area contributed by atoms with Gasteiger partial charge in [0.05, 0.1) is 13.2 Å². The molecule has 1 atom stereocenters. The van der Waals surface area contributed by atoms with Crippen LogP contribution < -0.4 is 10.6 Å². The number of hydrogen-bond donors (Lipinski definition) is 2. The maximum atomic E-state index is 12.2. The number of hydrogen-bond acceptors (Lipinski definition) is 7. The fraction of sp³-hybridized carbons (Fsp3) is 0.333. The maximum absolute atomic E-state index is 12.2. The zero-order chi connectivity index (χ0) is 21.6. The molecule has 0 fully saturated rings. The van der Waals surface area contributed by atoms with Crippen molar-refractivity contribution in [1.29, 1.82) is 0 Å². The molecule has 0 bridgehead atoms. The number of carbonyl (C=O) groups is 2. The van der Waals surface area contributed by atoms with Gasteiger partial charge in [-0.25, -0.2) is 0 Å². The molecule has 0 heterocycles. The van der Waals surface area contributed by atoms with E-state index in [4.69, 9.17) is 13.1 Å². The Morgan fingerprint density at radius 1 is 0.931 bits per heavy atom. The Morgan fingerprint density at radius 2 is 1.41 bits per heavy atom. The molecule has 155 valence electrons. The molecule has 2 aliphatic carbocycles. The van der Waals surface area contributed by atoms with Gasteiger partial charge >= 0.3 is 21.0 Å². The van der Waals surface area contributed by atoms with Crippen LogP contribution in [-0.4, -0.2) is 37.4 Å². The summed E-state index contributed by atoms with van der Waals surface area (Å²) in [6, 6.07) is 0.0431. The topological polar surface area (TPSA) is 93.7 Å². The molecular weight excluding hydrogens is 411 g/mol. The molecule has 29 heavy (non-hydrogen) atoms. The van der Waals surface area contributed by atoms with Gasteiger partial charge in [-0.1, -0.05) is 12.2 Å². The number of ketones is 2. The number of rotatable bonds is 9. The van der Waals surface area contributed by atoms with Crippen molar-refractivity contribution in [3.8, 4) is 0 Å². The standard InChI is InChI=1S/C21H26N2O4.O.V/c1-4-26-18-10-6-8-16(20(18)24)13-22-12-15(3)23-14-17-9-7-11-19(21(17)25)27-5-2;;/h6-11,13-15,22-23H,4-5,12H2,1-3H3;;. The Bertz CT molecular complexity index is 778. The zero-order valence-corrected chi connectivity index (χ0v) is 18.2. The van der Waals surface area contributed by atoms with E-state index in [0.717, 1.165) is 17.4 Å². The third kappa shape index (κ3) is 7.71.